The van der Waals surface area contributed by atoms with Crippen molar-refractivity contribution in [1.29, 1.82) is 0 Å². The second-order valence-electron chi connectivity index (χ2n) is 25.2. The largest absolute Gasteiger partial charge is 0.497 e. The minimum absolute atomic E-state index is 0.00449. The topological polar surface area (TPSA) is 492 Å². The van der Waals surface area contributed by atoms with E-state index in [1.807, 2.05) is 0 Å². The summed E-state index contributed by atoms with van der Waals surface area (Å²) in [6, 6.07) is 45.0. The van der Waals surface area contributed by atoms with Crippen LogP contribution in [-0.2, 0) is 95.3 Å². The first-order valence-electron chi connectivity index (χ1n) is 37.5. The quantitative estimate of drug-likeness (QED) is 0.0190. The van der Waals surface area contributed by atoms with Crippen molar-refractivity contribution in [3.63, 3.8) is 0 Å². The zero-order chi connectivity index (χ0) is 95.8. The zero-order valence-electron chi connectivity index (χ0n) is 71.4. The molecule has 8 aromatic carbocycles. The standard InChI is InChI=1S/C22H24O6.2C20H16O8.2C15H14O8/c1-25-17-7-11-19(12-8-17)27-21(23)15-3-5-16(6-4-15)22(24)28-20-13-9-18(26-2)10-14-20;2*1-25-19(23)13-10-14(20(24)26-2)12-16(11-13)28-18(22)9-8-17(21)27-15-6-4-3-5-7-15;2*1-20-12(16)4-5-13(17)23-11-7-9(14(18)21-2)6-10(8-11)15(19)22-3/h7-16H,3-6H2,1-2H3;2*3-12H,1-2H3;2*4-8H,1-3H3/b;9-8+;9-8-;5-4+;5-4-. The summed E-state index contributed by atoms with van der Waals surface area (Å²) >= 11 is 0. The van der Waals surface area contributed by atoms with Gasteiger partial charge in [0.2, 0.25) is 0 Å². The number of carbonyl (C=O) groups excluding carboxylic acids is 18. The maximum absolute atomic E-state index is 12.4. The van der Waals surface area contributed by atoms with Crippen LogP contribution in [0, 0.1) is 11.8 Å². The summed E-state index contributed by atoms with van der Waals surface area (Å²) in [6.07, 6.45) is 9.34. The molecule has 130 heavy (non-hydrogen) atoms. The van der Waals surface area contributed by atoms with Crippen molar-refractivity contribution >= 4 is 107 Å². The summed E-state index contributed by atoms with van der Waals surface area (Å²) < 4.78 is 96.2. The van der Waals surface area contributed by atoms with Crippen molar-refractivity contribution < 1.29 is 181 Å². The molecular formula is C92H84O38. The average molecular weight is 1800 g/mol. The summed E-state index contributed by atoms with van der Waals surface area (Å²) in [7, 11) is 14.8. The highest BCUT2D eigenvalue weighted by molar-refractivity contribution is 6.02. The Labute approximate surface area is 740 Å². The van der Waals surface area contributed by atoms with Crippen LogP contribution in [0.3, 0.4) is 0 Å². The Hall–Kier alpha value is -17.2. The Morgan fingerprint density at radius 1 is 0.192 bits per heavy atom. The summed E-state index contributed by atoms with van der Waals surface area (Å²) in [4.78, 5) is 210. The molecule has 0 heterocycles. The van der Waals surface area contributed by atoms with Crippen LogP contribution < -0.4 is 47.4 Å². The van der Waals surface area contributed by atoms with Gasteiger partial charge in [0.1, 0.15) is 57.5 Å². The van der Waals surface area contributed by atoms with Crippen molar-refractivity contribution in [3.8, 4) is 57.5 Å². The van der Waals surface area contributed by atoms with Gasteiger partial charge in [0, 0.05) is 48.6 Å². The second-order valence-corrected chi connectivity index (χ2v) is 25.2. The Balaban J connectivity index is 0.000000289. The molecule has 1 aliphatic rings. The van der Waals surface area contributed by atoms with Crippen LogP contribution in [0.4, 0.5) is 0 Å². The van der Waals surface area contributed by atoms with Gasteiger partial charge in [0.05, 0.1) is 142 Å². The molecule has 0 N–H and O–H groups in total. The van der Waals surface area contributed by atoms with Gasteiger partial charge in [-0.1, -0.05) is 36.4 Å². The van der Waals surface area contributed by atoms with Gasteiger partial charge < -0.3 is 94.7 Å². The summed E-state index contributed by atoms with van der Waals surface area (Å²) in [5.74, 6) is -10.7. The molecule has 0 amide bonds. The van der Waals surface area contributed by atoms with Gasteiger partial charge in [-0.3, -0.25) is 9.59 Å². The van der Waals surface area contributed by atoms with Crippen LogP contribution in [0.1, 0.15) is 109 Å². The molecule has 38 nitrogen and oxygen atoms in total. The third kappa shape index (κ3) is 35.9. The summed E-state index contributed by atoms with van der Waals surface area (Å²) in [5, 5.41) is 0. The highest BCUT2D eigenvalue weighted by Crippen LogP contribution is 2.33. The van der Waals surface area contributed by atoms with Gasteiger partial charge in [-0.25, -0.2) is 76.7 Å². The van der Waals surface area contributed by atoms with Gasteiger partial charge in [-0.2, -0.15) is 0 Å². The number of rotatable bonds is 28. The Morgan fingerprint density at radius 2 is 0.362 bits per heavy atom. The Bertz CT molecular complexity index is 5030. The number of hydrogen-bond acceptors (Lipinski definition) is 38. The van der Waals surface area contributed by atoms with Crippen LogP contribution in [0.2, 0.25) is 0 Å². The van der Waals surface area contributed by atoms with Crippen molar-refractivity contribution in [2.24, 2.45) is 11.8 Å². The monoisotopic (exact) mass is 1800 g/mol. The van der Waals surface area contributed by atoms with Crippen molar-refractivity contribution in [2.45, 2.75) is 25.7 Å². The number of esters is 18. The normalized spacial score (nSPS) is 12.0. The maximum Gasteiger partial charge on any atom is 0.338 e. The molecule has 0 saturated heterocycles. The Morgan fingerprint density at radius 3 is 0.538 bits per heavy atom. The fourth-order valence-electron chi connectivity index (χ4n) is 10.3. The van der Waals surface area contributed by atoms with E-state index in [1.165, 1.54) is 101 Å². The van der Waals surface area contributed by atoms with Crippen LogP contribution in [0.5, 0.6) is 57.5 Å². The van der Waals surface area contributed by atoms with Gasteiger partial charge in [0.15, 0.2) is 0 Å². The van der Waals surface area contributed by atoms with Crippen LogP contribution in [-0.4, -0.2) is 193 Å². The minimum Gasteiger partial charge on any atom is -0.497 e. The molecule has 0 radical (unpaired) electrons. The van der Waals surface area contributed by atoms with Crippen LogP contribution in [0.15, 0.2) is 231 Å². The van der Waals surface area contributed by atoms with Gasteiger partial charge >= 0.3 is 107 Å². The number of hydrogen-bond donors (Lipinski definition) is 0. The molecule has 1 fully saturated rings. The van der Waals surface area contributed by atoms with Crippen molar-refractivity contribution in [1.82, 2.24) is 0 Å². The molecule has 38 heteroatoms. The van der Waals surface area contributed by atoms with E-state index < -0.39 is 95.5 Å². The number of methoxy groups -OCH3 is 12. The van der Waals surface area contributed by atoms with E-state index in [2.05, 4.69) is 47.4 Å². The molecule has 8 aromatic rings. The lowest BCUT2D eigenvalue weighted by Crippen LogP contribution is -2.30. The molecule has 1 aliphatic carbocycles. The highest BCUT2D eigenvalue weighted by atomic mass is 16.6. The smallest absolute Gasteiger partial charge is 0.338 e. The van der Waals surface area contributed by atoms with Gasteiger partial charge in [-0.05, 0) is 171 Å². The molecule has 0 aromatic heterocycles. The molecule has 0 spiro atoms. The third-order valence-electron chi connectivity index (χ3n) is 16.6. The highest BCUT2D eigenvalue weighted by Gasteiger charge is 2.33. The first kappa shape index (κ1) is 103. The van der Waals surface area contributed by atoms with Crippen LogP contribution in [0.25, 0.3) is 0 Å². The molecular weight excluding hydrogens is 1710 g/mol. The van der Waals surface area contributed by atoms with E-state index in [0.717, 1.165) is 91.3 Å². The lowest BCUT2D eigenvalue weighted by Gasteiger charge is -2.25. The maximum atomic E-state index is 12.4. The van der Waals surface area contributed by atoms with Gasteiger partial charge in [0.25, 0.3) is 0 Å². The second kappa shape index (κ2) is 54.4. The molecule has 9 rings (SSSR count). The molecule has 680 valence electrons. The molecule has 0 unspecified atom stereocenters. The average Bonchev–Trinajstić information content (AvgIpc) is 0.843. The number of ether oxygens (including phenoxy) is 20. The first-order chi connectivity index (χ1) is 62.2. The summed E-state index contributed by atoms with van der Waals surface area (Å²) in [5.41, 5.74) is -0.0711. The first-order valence-corrected chi connectivity index (χ1v) is 37.5. The van der Waals surface area contributed by atoms with Crippen LogP contribution >= 0.6 is 0 Å². The van der Waals surface area contributed by atoms with Crippen molar-refractivity contribution in [3.05, 3.63) is 275 Å². The predicted molar refractivity (Wildman–Crippen MR) is 446 cm³/mol. The lowest BCUT2D eigenvalue weighted by atomic mass is 9.82. The zero-order valence-corrected chi connectivity index (χ0v) is 71.4. The van der Waals surface area contributed by atoms with E-state index in [9.17, 15) is 86.3 Å². The van der Waals surface area contributed by atoms with E-state index in [4.69, 9.17) is 47.4 Å². The van der Waals surface area contributed by atoms with E-state index in [1.54, 1.807) is 123 Å². The summed E-state index contributed by atoms with van der Waals surface area (Å²) in [6.45, 7) is 0. The molecule has 1 saturated carbocycles. The fraction of sp³-hybridized carbons (Fsp3) is 0.196. The van der Waals surface area contributed by atoms with E-state index in [0.29, 0.717) is 60.2 Å². The lowest BCUT2D eigenvalue weighted by molar-refractivity contribution is -0.145. The fourth-order valence-corrected chi connectivity index (χ4v) is 10.3. The van der Waals surface area contributed by atoms with Crippen molar-refractivity contribution in [2.75, 3.05) is 85.3 Å². The molecule has 0 aliphatic heterocycles. The minimum atomic E-state index is -0.914. The predicted octanol–water partition coefficient (Wildman–Crippen LogP) is 10.5. The van der Waals surface area contributed by atoms with E-state index in [-0.39, 0.29) is 91.3 Å². The SMILES string of the molecule is COC(=O)/C=C/C(=O)Oc1cc(C(=O)OC)cc(C(=O)OC)c1.COC(=O)/C=C\C(=O)Oc1cc(C(=O)OC)cc(C(=O)OC)c1.COC(=O)c1cc(OC(=O)/C=C/C(=O)Oc2ccccc2)cc(C(=O)OC)c1.COC(=O)c1cc(OC(=O)/C=C\C(=O)Oc2ccccc2)cc(C(=O)OC)c1.COc1ccc(OC(=O)C2CCC(C(=O)Oc3ccc(OC)cc3)CC2)cc1. The third-order valence-corrected chi connectivity index (χ3v) is 16.6. The van der Waals surface area contributed by atoms with E-state index >= 15 is 0 Å². The molecule has 0 atom stereocenters. The number of benzene rings is 8. The number of carbonyl (C=O) groups is 18. The van der Waals surface area contributed by atoms with Gasteiger partial charge in [-0.15, -0.1) is 0 Å². The Kier molecular flexibility index (Phi) is 43.2. The molecule has 0 bridgehead atoms. The number of para-hydroxylation sites is 2.